The van der Waals surface area contributed by atoms with E-state index < -0.39 is 5.97 Å². The van der Waals surface area contributed by atoms with Crippen LogP contribution in [0.15, 0.2) is 42.6 Å². The first kappa shape index (κ1) is 13.5. The minimum Gasteiger partial charge on any atom is -0.404 e. The summed E-state index contributed by atoms with van der Waals surface area (Å²) in [4.78, 5) is 22.6. The first-order chi connectivity index (χ1) is 10.3. The lowest BCUT2D eigenvalue weighted by Crippen LogP contribution is -2.44. The van der Waals surface area contributed by atoms with Crippen LogP contribution in [0.3, 0.4) is 0 Å². The highest BCUT2D eigenvalue weighted by Gasteiger charge is 2.15. The number of hydrogen-bond donors (Lipinski definition) is 1. The van der Waals surface area contributed by atoms with Crippen LogP contribution in [-0.2, 0) is 0 Å². The largest absolute Gasteiger partial charge is 0.404 e. The maximum absolute atomic E-state index is 12.0. The number of aromatic nitrogens is 2. The number of benzene rings is 1. The molecule has 3 rings (SSSR count). The van der Waals surface area contributed by atoms with E-state index in [0.717, 1.165) is 26.2 Å². The van der Waals surface area contributed by atoms with E-state index in [2.05, 4.69) is 20.2 Å². The fourth-order valence-corrected chi connectivity index (χ4v) is 2.13. The Morgan fingerprint density at radius 3 is 2.67 bits per heavy atom. The maximum Gasteiger partial charge on any atom is 0.344 e. The topological polar surface area (TPSA) is 67.3 Å². The first-order valence-electron chi connectivity index (χ1n) is 6.89. The SMILES string of the molecule is O=C(Oc1ccnc(N2CCNCC2)n1)c1ccccc1. The van der Waals surface area contributed by atoms with E-state index in [1.165, 1.54) is 0 Å². The van der Waals surface area contributed by atoms with Gasteiger partial charge >= 0.3 is 5.97 Å². The molecule has 6 heteroatoms. The van der Waals surface area contributed by atoms with Gasteiger partial charge in [-0.05, 0) is 12.1 Å². The van der Waals surface area contributed by atoms with Crippen LogP contribution >= 0.6 is 0 Å². The molecule has 1 aliphatic heterocycles. The Morgan fingerprint density at radius 1 is 1.14 bits per heavy atom. The van der Waals surface area contributed by atoms with Gasteiger partial charge in [0.15, 0.2) is 0 Å². The summed E-state index contributed by atoms with van der Waals surface area (Å²) in [5.74, 6) is 0.447. The first-order valence-corrected chi connectivity index (χ1v) is 6.89. The van der Waals surface area contributed by atoms with Crippen LogP contribution in [0.1, 0.15) is 10.4 Å². The van der Waals surface area contributed by atoms with E-state index in [0.29, 0.717) is 11.5 Å². The molecule has 1 N–H and O–H groups in total. The van der Waals surface area contributed by atoms with Crippen molar-refractivity contribution >= 4 is 11.9 Å². The Bertz CT molecular complexity index is 612. The van der Waals surface area contributed by atoms with Crippen molar-refractivity contribution in [1.82, 2.24) is 15.3 Å². The van der Waals surface area contributed by atoms with Gasteiger partial charge in [0.25, 0.3) is 0 Å². The van der Waals surface area contributed by atoms with Crippen LogP contribution in [-0.4, -0.2) is 42.1 Å². The Hall–Kier alpha value is -2.47. The van der Waals surface area contributed by atoms with Crippen LogP contribution in [0, 0.1) is 0 Å². The molecule has 0 amide bonds. The number of nitrogens with one attached hydrogen (secondary N) is 1. The smallest absolute Gasteiger partial charge is 0.344 e. The van der Waals surface area contributed by atoms with Gasteiger partial charge in [-0.15, -0.1) is 0 Å². The minimum atomic E-state index is -0.416. The second-order valence-electron chi connectivity index (χ2n) is 4.69. The summed E-state index contributed by atoms with van der Waals surface area (Å²) >= 11 is 0. The number of piperazine rings is 1. The number of anilines is 1. The third kappa shape index (κ3) is 3.35. The molecule has 1 aromatic heterocycles. The Balaban J connectivity index is 1.72. The van der Waals surface area contributed by atoms with Crippen molar-refractivity contribution in [3.05, 3.63) is 48.2 Å². The molecule has 21 heavy (non-hydrogen) atoms. The average Bonchev–Trinajstić information content (AvgIpc) is 2.57. The van der Waals surface area contributed by atoms with Crippen molar-refractivity contribution < 1.29 is 9.53 Å². The molecule has 108 valence electrons. The monoisotopic (exact) mass is 284 g/mol. The quantitative estimate of drug-likeness (QED) is 0.852. The van der Waals surface area contributed by atoms with Gasteiger partial charge in [0, 0.05) is 38.4 Å². The zero-order chi connectivity index (χ0) is 14.5. The van der Waals surface area contributed by atoms with Crippen molar-refractivity contribution in [2.45, 2.75) is 0 Å². The highest BCUT2D eigenvalue weighted by Crippen LogP contribution is 2.14. The van der Waals surface area contributed by atoms with Crippen LogP contribution in [0.5, 0.6) is 5.88 Å². The van der Waals surface area contributed by atoms with Crippen molar-refractivity contribution in [1.29, 1.82) is 0 Å². The lowest BCUT2D eigenvalue weighted by molar-refractivity contribution is 0.0727. The van der Waals surface area contributed by atoms with Crippen LogP contribution in [0.25, 0.3) is 0 Å². The third-order valence-electron chi connectivity index (χ3n) is 3.22. The summed E-state index contributed by atoms with van der Waals surface area (Å²) in [5.41, 5.74) is 0.500. The second kappa shape index (κ2) is 6.32. The maximum atomic E-state index is 12.0. The van der Waals surface area contributed by atoms with Gasteiger partial charge in [0.1, 0.15) is 0 Å². The van der Waals surface area contributed by atoms with E-state index in [1.54, 1.807) is 36.5 Å². The van der Waals surface area contributed by atoms with E-state index in [4.69, 9.17) is 4.74 Å². The van der Waals surface area contributed by atoms with E-state index in [1.807, 2.05) is 6.07 Å². The van der Waals surface area contributed by atoms with E-state index >= 15 is 0 Å². The van der Waals surface area contributed by atoms with Gasteiger partial charge < -0.3 is 15.0 Å². The fraction of sp³-hybridized carbons (Fsp3) is 0.267. The molecule has 2 aromatic rings. The van der Waals surface area contributed by atoms with Crippen molar-refractivity contribution in [2.24, 2.45) is 0 Å². The molecule has 0 atom stereocenters. The average molecular weight is 284 g/mol. The molecule has 0 saturated carbocycles. The Kier molecular flexibility index (Phi) is 4.07. The molecular formula is C15H16N4O2. The molecule has 1 fully saturated rings. The second-order valence-corrected chi connectivity index (χ2v) is 4.69. The summed E-state index contributed by atoms with van der Waals surface area (Å²) < 4.78 is 5.30. The summed E-state index contributed by atoms with van der Waals surface area (Å²) in [6.07, 6.45) is 1.61. The highest BCUT2D eigenvalue weighted by atomic mass is 16.5. The molecule has 0 unspecified atom stereocenters. The number of ether oxygens (including phenoxy) is 1. The number of rotatable bonds is 3. The van der Waals surface area contributed by atoms with Crippen molar-refractivity contribution in [2.75, 3.05) is 31.1 Å². The number of nitrogens with zero attached hydrogens (tertiary/aromatic N) is 3. The third-order valence-corrected chi connectivity index (χ3v) is 3.22. The molecule has 0 bridgehead atoms. The molecule has 1 saturated heterocycles. The lowest BCUT2D eigenvalue weighted by atomic mass is 10.2. The number of esters is 1. The lowest BCUT2D eigenvalue weighted by Gasteiger charge is -2.27. The van der Waals surface area contributed by atoms with Crippen molar-refractivity contribution in [3.8, 4) is 5.88 Å². The summed E-state index contributed by atoms with van der Waals surface area (Å²) in [7, 11) is 0. The molecule has 0 radical (unpaired) electrons. The fourth-order valence-electron chi connectivity index (χ4n) is 2.13. The van der Waals surface area contributed by atoms with Crippen LogP contribution in [0.2, 0.25) is 0 Å². The van der Waals surface area contributed by atoms with Crippen LogP contribution in [0.4, 0.5) is 5.95 Å². The van der Waals surface area contributed by atoms with Gasteiger partial charge in [-0.3, -0.25) is 0 Å². The zero-order valence-electron chi connectivity index (χ0n) is 11.5. The predicted octanol–water partition coefficient (Wildman–Crippen LogP) is 1.11. The standard InChI is InChI=1S/C15H16N4O2/c20-14(12-4-2-1-3-5-12)21-13-6-7-17-15(18-13)19-10-8-16-9-11-19/h1-7,16H,8-11H2. The molecule has 1 aliphatic rings. The molecule has 6 nitrogen and oxygen atoms in total. The number of carbonyl (C=O) groups excluding carboxylic acids is 1. The van der Waals surface area contributed by atoms with E-state index in [-0.39, 0.29) is 5.88 Å². The molecule has 0 spiro atoms. The van der Waals surface area contributed by atoms with Gasteiger partial charge in [-0.25, -0.2) is 9.78 Å². The van der Waals surface area contributed by atoms with Gasteiger partial charge in [0.2, 0.25) is 11.8 Å². The summed E-state index contributed by atoms with van der Waals surface area (Å²) in [5, 5.41) is 3.27. The van der Waals surface area contributed by atoms with E-state index in [9.17, 15) is 4.79 Å². The molecule has 1 aromatic carbocycles. The normalized spacial score (nSPS) is 14.8. The number of carbonyl (C=O) groups is 1. The van der Waals surface area contributed by atoms with Crippen molar-refractivity contribution in [3.63, 3.8) is 0 Å². The Morgan fingerprint density at radius 2 is 1.90 bits per heavy atom. The predicted molar refractivity (Wildman–Crippen MR) is 78.5 cm³/mol. The van der Waals surface area contributed by atoms with Gasteiger partial charge in [-0.1, -0.05) is 18.2 Å². The minimum absolute atomic E-state index is 0.271. The zero-order valence-corrected chi connectivity index (χ0v) is 11.5. The molecular weight excluding hydrogens is 268 g/mol. The molecule has 0 aliphatic carbocycles. The summed E-state index contributed by atoms with van der Waals surface area (Å²) in [6, 6.07) is 10.4. The molecule has 2 heterocycles. The Labute approximate surface area is 122 Å². The van der Waals surface area contributed by atoms with Crippen LogP contribution < -0.4 is 15.0 Å². The summed E-state index contributed by atoms with van der Waals surface area (Å²) in [6.45, 7) is 3.49. The number of hydrogen-bond acceptors (Lipinski definition) is 6. The van der Waals surface area contributed by atoms with Gasteiger partial charge in [-0.2, -0.15) is 4.98 Å². The van der Waals surface area contributed by atoms with Gasteiger partial charge in [0.05, 0.1) is 5.56 Å². The highest BCUT2D eigenvalue weighted by molar-refractivity contribution is 5.90.